The molecule has 0 aliphatic rings. The molecule has 2 aromatic carbocycles. The summed E-state index contributed by atoms with van der Waals surface area (Å²) in [4.78, 5) is 0.190. The maximum absolute atomic E-state index is 12.7. The van der Waals surface area contributed by atoms with Crippen LogP contribution in [0, 0.1) is 0 Å². The van der Waals surface area contributed by atoms with E-state index in [4.69, 9.17) is 13.9 Å². The topological polar surface area (TPSA) is 69.0 Å². The van der Waals surface area contributed by atoms with E-state index in [1.165, 1.54) is 29.7 Å². The first-order valence-electron chi connectivity index (χ1n) is 8.48. The number of ether oxygens (including phenoxy) is 2. The van der Waals surface area contributed by atoms with Crippen LogP contribution >= 0.6 is 0 Å². The fraction of sp³-hybridized carbons (Fsp3) is 0.200. The average molecular weight is 387 g/mol. The number of nitrogens with zero attached hydrogens (tertiary/aromatic N) is 1. The van der Waals surface area contributed by atoms with Crippen LogP contribution in [0.2, 0.25) is 0 Å². The molecule has 0 N–H and O–H groups in total. The van der Waals surface area contributed by atoms with Crippen LogP contribution in [-0.2, 0) is 16.6 Å². The second-order valence-electron chi connectivity index (χ2n) is 5.82. The molecule has 0 unspecified atom stereocenters. The minimum absolute atomic E-state index is 0.166. The van der Waals surface area contributed by atoms with Gasteiger partial charge in [-0.3, -0.25) is 0 Å². The van der Waals surface area contributed by atoms with Gasteiger partial charge >= 0.3 is 0 Å². The Morgan fingerprint density at radius 1 is 0.926 bits per heavy atom. The summed E-state index contributed by atoms with van der Waals surface area (Å²) < 4.78 is 42.9. The fourth-order valence-electron chi connectivity index (χ4n) is 2.47. The normalized spacial score (nSPS) is 11.5. The molecule has 3 rings (SSSR count). The third-order valence-corrected chi connectivity index (χ3v) is 5.68. The Kier molecular flexibility index (Phi) is 5.83. The molecular weight excluding hydrogens is 366 g/mol. The summed E-state index contributed by atoms with van der Waals surface area (Å²) in [6, 6.07) is 17.0. The molecule has 0 saturated heterocycles. The molecule has 0 radical (unpaired) electrons. The molecule has 6 nitrogen and oxygen atoms in total. The Morgan fingerprint density at radius 3 is 2.07 bits per heavy atom. The molecule has 0 bridgehead atoms. The first-order valence-corrected chi connectivity index (χ1v) is 9.92. The molecule has 0 saturated carbocycles. The van der Waals surface area contributed by atoms with Crippen LogP contribution in [0.5, 0.6) is 17.2 Å². The second kappa shape index (κ2) is 8.28. The van der Waals surface area contributed by atoms with Gasteiger partial charge in [0, 0.05) is 7.05 Å². The van der Waals surface area contributed by atoms with E-state index < -0.39 is 10.0 Å². The molecule has 1 heterocycles. The van der Waals surface area contributed by atoms with Crippen molar-refractivity contribution in [2.45, 2.75) is 18.4 Å². The molecule has 0 fully saturated rings. The van der Waals surface area contributed by atoms with E-state index in [-0.39, 0.29) is 11.4 Å². The predicted molar refractivity (Wildman–Crippen MR) is 101 cm³/mol. The quantitative estimate of drug-likeness (QED) is 0.577. The zero-order valence-corrected chi connectivity index (χ0v) is 16.0. The van der Waals surface area contributed by atoms with E-state index in [1.54, 1.807) is 36.4 Å². The number of sulfonamides is 1. The Morgan fingerprint density at radius 2 is 1.52 bits per heavy atom. The number of hydrogen-bond donors (Lipinski definition) is 0. The monoisotopic (exact) mass is 387 g/mol. The van der Waals surface area contributed by atoms with E-state index in [0.717, 1.165) is 5.75 Å². The predicted octanol–water partition coefficient (Wildman–Crippen LogP) is 4.29. The molecule has 0 aliphatic heterocycles. The third-order valence-electron chi connectivity index (χ3n) is 3.86. The lowest BCUT2D eigenvalue weighted by molar-refractivity contribution is 0.339. The van der Waals surface area contributed by atoms with Crippen molar-refractivity contribution in [3.63, 3.8) is 0 Å². The first kappa shape index (κ1) is 19.0. The number of benzene rings is 2. The van der Waals surface area contributed by atoms with Gasteiger partial charge in [-0.1, -0.05) is 0 Å². The molecule has 0 aliphatic carbocycles. The van der Waals surface area contributed by atoms with Crippen molar-refractivity contribution < 1.29 is 22.3 Å². The van der Waals surface area contributed by atoms with Gasteiger partial charge < -0.3 is 13.9 Å². The highest BCUT2D eigenvalue weighted by atomic mass is 32.2. The fourth-order valence-corrected chi connectivity index (χ4v) is 3.61. The van der Waals surface area contributed by atoms with Crippen molar-refractivity contribution in [1.29, 1.82) is 0 Å². The molecule has 3 aromatic rings. The summed E-state index contributed by atoms with van der Waals surface area (Å²) in [5, 5.41) is 0. The van der Waals surface area contributed by atoms with Crippen molar-refractivity contribution in [3.05, 3.63) is 72.7 Å². The van der Waals surface area contributed by atoms with Gasteiger partial charge in [0.25, 0.3) is 0 Å². The van der Waals surface area contributed by atoms with Crippen LogP contribution < -0.4 is 9.47 Å². The van der Waals surface area contributed by atoms with Crippen LogP contribution in [0.25, 0.3) is 0 Å². The van der Waals surface area contributed by atoms with E-state index in [2.05, 4.69) is 0 Å². The van der Waals surface area contributed by atoms with E-state index >= 15 is 0 Å². The number of furan rings is 1. The van der Waals surface area contributed by atoms with Gasteiger partial charge in [-0.05, 0) is 67.6 Å². The zero-order chi connectivity index (χ0) is 19.3. The van der Waals surface area contributed by atoms with Crippen molar-refractivity contribution >= 4 is 10.0 Å². The van der Waals surface area contributed by atoms with Gasteiger partial charge in [-0.2, -0.15) is 4.31 Å². The maximum Gasteiger partial charge on any atom is 0.243 e. The average Bonchev–Trinajstić information content (AvgIpc) is 3.17. The molecule has 0 spiro atoms. The number of rotatable bonds is 8. The Hall–Kier alpha value is -2.77. The standard InChI is InChI=1S/C20H21NO5S/c1-3-24-16-6-8-17(9-7-16)26-18-10-12-20(13-11-18)27(22,23)21(2)15-19-5-4-14-25-19/h4-14H,3,15H2,1-2H3. The van der Waals surface area contributed by atoms with Crippen molar-refractivity contribution in [2.75, 3.05) is 13.7 Å². The summed E-state index contributed by atoms with van der Waals surface area (Å²) in [5.74, 6) is 2.54. The molecule has 1 aromatic heterocycles. The molecule has 27 heavy (non-hydrogen) atoms. The van der Waals surface area contributed by atoms with Gasteiger partial charge in [0.15, 0.2) is 0 Å². The summed E-state index contributed by atoms with van der Waals surface area (Å²) in [6.45, 7) is 2.69. The Balaban J connectivity index is 1.68. The van der Waals surface area contributed by atoms with Gasteiger partial charge in [0.1, 0.15) is 23.0 Å². The summed E-state index contributed by atoms with van der Waals surface area (Å²) >= 11 is 0. The van der Waals surface area contributed by atoms with E-state index in [9.17, 15) is 8.42 Å². The van der Waals surface area contributed by atoms with Gasteiger partial charge in [-0.25, -0.2) is 8.42 Å². The van der Waals surface area contributed by atoms with Crippen LogP contribution in [0.3, 0.4) is 0 Å². The van der Waals surface area contributed by atoms with Crippen LogP contribution in [0.15, 0.2) is 76.2 Å². The van der Waals surface area contributed by atoms with Crippen LogP contribution in [-0.4, -0.2) is 26.4 Å². The Labute approximate surface area is 159 Å². The molecule has 142 valence electrons. The van der Waals surface area contributed by atoms with Crippen LogP contribution in [0.1, 0.15) is 12.7 Å². The highest BCUT2D eigenvalue weighted by Gasteiger charge is 2.21. The maximum atomic E-state index is 12.7. The van der Waals surface area contributed by atoms with Crippen LogP contribution in [0.4, 0.5) is 0 Å². The first-order chi connectivity index (χ1) is 13.0. The zero-order valence-electron chi connectivity index (χ0n) is 15.2. The molecule has 0 atom stereocenters. The van der Waals surface area contributed by atoms with Gasteiger partial charge in [-0.15, -0.1) is 0 Å². The highest BCUT2D eigenvalue weighted by Crippen LogP contribution is 2.26. The lowest BCUT2D eigenvalue weighted by atomic mass is 10.3. The highest BCUT2D eigenvalue weighted by molar-refractivity contribution is 7.89. The molecular formula is C20H21NO5S. The molecule has 7 heteroatoms. The smallest absolute Gasteiger partial charge is 0.243 e. The minimum Gasteiger partial charge on any atom is -0.494 e. The lowest BCUT2D eigenvalue weighted by Gasteiger charge is -2.16. The lowest BCUT2D eigenvalue weighted by Crippen LogP contribution is -2.26. The third kappa shape index (κ3) is 4.69. The summed E-state index contributed by atoms with van der Waals surface area (Å²) in [7, 11) is -2.10. The SMILES string of the molecule is CCOc1ccc(Oc2ccc(S(=O)(=O)N(C)Cc3ccco3)cc2)cc1. The summed E-state index contributed by atoms with van der Waals surface area (Å²) in [6.07, 6.45) is 1.52. The minimum atomic E-state index is -3.62. The van der Waals surface area contributed by atoms with Gasteiger partial charge in [0.05, 0.1) is 24.3 Å². The van der Waals surface area contributed by atoms with E-state index in [1.807, 2.05) is 19.1 Å². The second-order valence-corrected chi connectivity index (χ2v) is 7.86. The van der Waals surface area contributed by atoms with Crippen molar-refractivity contribution in [1.82, 2.24) is 4.31 Å². The van der Waals surface area contributed by atoms with Gasteiger partial charge in [0.2, 0.25) is 10.0 Å². The molecule has 0 amide bonds. The van der Waals surface area contributed by atoms with Crippen molar-refractivity contribution in [2.24, 2.45) is 0 Å². The summed E-state index contributed by atoms with van der Waals surface area (Å²) in [5.41, 5.74) is 0. The Bertz CT molecular complexity index is 949. The number of hydrogen-bond acceptors (Lipinski definition) is 5. The largest absolute Gasteiger partial charge is 0.494 e. The van der Waals surface area contributed by atoms with Crippen molar-refractivity contribution in [3.8, 4) is 17.2 Å². The van der Waals surface area contributed by atoms with E-state index in [0.29, 0.717) is 23.9 Å².